The molecule has 0 amide bonds. The summed E-state index contributed by atoms with van der Waals surface area (Å²) < 4.78 is 10.0. The number of ether oxygens (including phenoxy) is 2. The molecule has 11 heavy (non-hydrogen) atoms. The molecule has 0 heterocycles. The first kappa shape index (κ1) is 10.8. The van der Waals surface area contributed by atoms with Crippen LogP contribution in [0.3, 0.4) is 0 Å². The van der Waals surface area contributed by atoms with Gasteiger partial charge in [-0.05, 0) is 13.0 Å². The van der Waals surface area contributed by atoms with Crippen molar-refractivity contribution < 1.29 is 14.6 Å². The maximum Gasteiger partial charge on any atom is 0.106 e. The van der Waals surface area contributed by atoms with Crippen molar-refractivity contribution in [2.45, 2.75) is 6.42 Å². The lowest BCUT2D eigenvalue weighted by atomic mass is 10.5. The molecule has 2 N–H and O–H groups in total. The average Bonchev–Trinajstić information content (AvgIpc) is 2.03. The predicted octanol–water partition coefficient (Wildman–Crippen LogP) is -0.201. The molecule has 0 fully saturated rings. The van der Waals surface area contributed by atoms with Crippen LogP contribution in [0.1, 0.15) is 6.42 Å². The van der Waals surface area contributed by atoms with E-state index in [1.165, 1.54) is 0 Å². The summed E-state index contributed by atoms with van der Waals surface area (Å²) >= 11 is 0. The second kappa shape index (κ2) is 9.84. The molecule has 4 heteroatoms. The van der Waals surface area contributed by atoms with Crippen LogP contribution in [0.4, 0.5) is 0 Å². The fourth-order valence-electron chi connectivity index (χ4n) is 0.566. The monoisotopic (exact) mass is 162 g/mol. The molecule has 0 atom stereocenters. The Bertz CT molecular complexity index is 62.7. The van der Waals surface area contributed by atoms with Gasteiger partial charge in [-0.15, -0.1) is 0 Å². The molecule has 4 nitrogen and oxygen atoms in total. The highest BCUT2D eigenvalue weighted by molar-refractivity contribution is 4.36. The van der Waals surface area contributed by atoms with Gasteiger partial charge in [0.15, 0.2) is 0 Å². The van der Waals surface area contributed by atoms with Crippen molar-refractivity contribution in [1.29, 1.82) is 0 Å². The van der Waals surface area contributed by atoms with Crippen molar-refractivity contribution in [1.82, 2.24) is 0 Å². The zero-order chi connectivity index (χ0) is 8.36. The van der Waals surface area contributed by atoms with E-state index in [2.05, 4.69) is 0 Å². The third kappa shape index (κ3) is 9.84. The minimum atomic E-state index is -0.178. The fraction of sp³-hybridized carbons (Fsp3) is 1.00. The Morgan fingerprint density at radius 1 is 1.00 bits per heavy atom. The maximum atomic E-state index is 9.88. The van der Waals surface area contributed by atoms with Gasteiger partial charge in [-0.2, -0.15) is 0 Å². The van der Waals surface area contributed by atoms with Gasteiger partial charge in [0.2, 0.25) is 0 Å². The largest absolute Gasteiger partial charge is 0.379 e. The Morgan fingerprint density at radius 3 is 2.18 bits per heavy atom. The Labute approximate surface area is 67.3 Å². The lowest BCUT2D eigenvalue weighted by molar-refractivity contribution is 0.0209. The average molecular weight is 162 g/mol. The highest BCUT2D eigenvalue weighted by atomic mass is 16.5. The molecule has 0 aliphatic carbocycles. The van der Waals surface area contributed by atoms with E-state index in [1.54, 1.807) is 0 Å². The van der Waals surface area contributed by atoms with E-state index in [0.717, 1.165) is 6.42 Å². The third-order valence-corrected chi connectivity index (χ3v) is 1.09. The highest BCUT2D eigenvalue weighted by Gasteiger charge is 1.88. The zero-order valence-corrected chi connectivity index (χ0v) is 6.75. The van der Waals surface area contributed by atoms with E-state index in [9.17, 15) is 5.11 Å². The van der Waals surface area contributed by atoms with Crippen molar-refractivity contribution in [2.24, 2.45) is 5.73 Å². The van der Waals surface area contributed by atoms with Crippen LogP contribution in [-0.2, 0) is 14.6 Å². The summed E-state index contributed by atoms with van der Waals surface area (Å²) in [6.45, 7) is 2.49. The van der Waals surface area contributed by atoms with Gasteiger partial charge in [-0.3, -0.25) is 0 Å². The van der Waals surface area contributed by atoms with Crippen LogP contribution in [0, 0.1) is 0 Å². The molecule has 1 radical (unpaired) electrons. The van der Waals surface area contributed by atoms with Gasteiger partial charge in [0, 0.05) is 6.61 Å². The maximum absolute atomic E-state index is 9.88. The number of hydrogen-bond acceptors (Lipinski definition) is 3. The molecular formula is C7H16NO3. The summed E-state index contributed by atoms with van der Waals surface area (Å²) in [5, 5.41) is 9.88. The van der Waals surface area contributed by atoms with Crippen molar-refractivity contribution in [3.05, 3.63) is 0 Å². The van der Waals surface area contributed by atoms with Crippen molar-refractivity contribution >= 4 is 0 Å². The SMILES string of the molecule is NCCCOCCOCC[O]. The Hall–Kier alpha value is -0.160. The van der Waals surface area contributed by atoms with Crippen LogP contribution < -0.4 is 5.73 Å². The molecule has 0 aromatic rings. The lowest BCUT2D eigenvalue weighted by Crippen LogP contribution is -2.09. The molecule has 0 bridgehead atoms. The van der Waals surface area contributed by atoms with Crippen LogP contribution in [0.25, 0.3) is 0 Å². The first-order chi connectivity index (χ1) is 5.41. The van der Waals surface area contributed by atoms with Gasteiger partial charge in [-0.25, -0.2) is 5.11 Å². The molecule has 0 aliphatic heterocycles. The van der Waals surface area contributed by atoms with E-state index >= 15 is 0 Å². The van der Waals surface area contributed by atoms with E-state index in [0.29, 0.717) is 26.4 Å². The zero-order valence-electron chi connectivity index (χ0n) is 6.75. The number of rotatable bonds is 8. The molecule has 0 spiro atoms. The van der Waals surface area contributed by atoms with Crippen molar-refractivity contribution in [2.75, 3.05) is 39.6 Å². The molecule has 0 aliphatic rings. The van der Waals surface area contributed by atoms with Gasteiger partial charge in [0.05, 0.1) is 19.8 Å². The fourth-order valence-corrected chi connectivity index (χ4v) is 0.566. The molecule has 0 rings (SSSR count). The summed E-state index contributed by atoms with van der Waals surface area (Å²) in [6.07, 6.45) is 0.877. The van der Waals surface area contributed by atoms with Crippen molar-refractivity contribution in [3.8, 4) is 0 Å². The van der Waals surface area contributed by atoms with E-state index in [1.807, 2.05) is 0 Å². The van der Waals surface area contributed by atoms with E-state index in [4.69, 9.17) is 15.2 Å². The Morgan fingerprint density at radius 2 is 1.64 bits per heavy atom. The van der Waals surface area contributed by atoms with Gasteiger partial charge in [0.1, 0.15) is 6.61 Å². The van der Waals surface area contributed by atoms with Crippen LogP contribution >= 0.6 is 0 Å². The molecule has 0 aromatic heterocycles. The van der Waals surface area contributed by atoms with E-state index in [-0.39, 0.29) is 13.2 Å². The first-order valence-corrected chi connectivity index (χ1v) is 3.85. The smallest absolute Gasteiger partial charge is 0.106 e. The summed E-state index contributed by atoms with van der Waals surface area (Å²) in [6, 6.07) is 0. The Balaban J connectivity index is 2.69. The molecule has 67 valence electrons. The van der Waals surface area contributed by atoms with E-state index < -0.39 is 0 Å². The minimum Gasteiger partial charge on any atom is -0.379 e. The second-order valence-corrected chi connectivity index (χ2v) is 2.07. The lowest BCUT2D eigenvalue weighted by Gasteiger charge is -2.02. The van der Waals surface area contributed by atoms with Crippen LogP contribution in [0.15, 0.2) is 0 Å². The summed E-state index contributed by atoms with van der Waals surface area (Å²) in [4.78, 5) is 0. The summed E-state index contributed by atoms with van der Waals surface area (Å²) in [5.41, 5.74) is 5.24. The van der Waals surface area contributed by atoms with Gasteiger partial charge in [0.25, 0.3) is 0 Å². The highest BCUT2D eigenvalue weighted by Crippen LogP contribution is 1.80. The van der Waals surface area contributed by atoms with Crippen molar-refractivity contribution in [3.63, 3.8) is 0 Å². The molecule has 0 saturated heterocycles. The number of nitrogens with two attached hydrogens (primary N) is 1. The normalized spacial score (nSPS) is 10.4. The third-order valence-electron chi connectivity index (χ3n) is 1.09. The number of hydrogen-bond donors (Lipinski definition) is 1. The van der Waals surface area contributed by atoms with Gasteiger partial charge in [-0.1, -0.05) is 0 Å². The molecule has 0 aromatic carbocycles. The van der Waals surface area contributed by atoms with Crippen LogP contribution in [-0.4, -0.2) is 39.6 Å². The topological polar surface area (TPSA) is 64.4 Å². The minimum absolute atomic E-state index is 0.178. The second-order valence-electron chi connectivity index (χ2n) is 2.07. The van der Waals surface area contributed by atoms with Crippen LogP contribution in [0.2, 0.25) is 0 Å². The van der Waals surface area contributed by atoms with Gasteiger partial charge < -0.3 is 15.2 Å². The molecule has 0 unspecified atom stereocenters. The predicted molar refractivity (Wildman–Crippen MR) is 40.9 cm³/mol. The van der Waals surface area contributed by atoms with Gasteiger partial charge >= 0.3 is 0 Å². The standard InChI is InChI=1S/C7H16NO3/c8-2-1-4-10-6-7-11-5-3-9/h1-8H2. The summed E-state index contributed by atoms with van der Waals surface area (Å²) in [5.74, 6) is 0. The quantitative estimate of drug-likeness (QED) is 0.503. The van der Waals surface area contributed by atoms with Crippen LogP contribution in [0.5, 0.6) is 0 Å². The summed E-state index contributed by atoms with van der Waals surface area (Å²) in [7, 11) is 0. The first-order valence-electron chi connectivity index (χ1n) is 3.85. The molecule has 0 saturated carbocycles. The molecular weight excluding hydrogens is 146 g/mol. The Kier molecular flexibility index (Phi) is 9.70.